The number of para-hydroxylation sites is 1. The normalized spacial score (nSPS) is 12.6. The molecule has 3 aromatic rings. The maximum atomic E-state index is 12.8. The van der Waals surface area contributed by atoms with Crippen LogP contribution in [0.4, 0.5) is 17.2 Å². The summed E-state index contributed by atoms with van der Waals surface area (Å²) < 4.78 is 5.36. The number of carbonyl (C=O) groups is 1. The number of amides is 1. The number of hydrogen-bond acceptors (Lipinski definition) is 5. The van der Waals surface area contributed by atoms with Crippen LogP contribution in [0.3, 0.4) is 0 Å². The highest BCUT2D eigenvalue weighted by atomic mass is 35.5. The smallest absolute Gasteiger partial charge is 0.278 e. The molecule has 1 aliphatic rings. The van der Waals surface area contributed by atoms with Crippen LogP contribution in [0, 0.1) is 6.92 Å². The van der Waals surface area contributed by atoms with Crippen molar-refractivity contribution in [2.75, 3.05) is 23.9 Å². The van der Waals surface area contributed by atoms with Crippen molar-refractivity contribution in [1.82, 2.24) is 9.97 Å². The van der Waals surface area contributed by atoms with E-state index in [1.807, 2.05) is 37.3 Å². The van der Waals surface area contributed by atoms with Crippen molar-refractivity contribution in [3.8, 4) is 5.75 Å². The Balaban J connectivity index is 1.54. The summed E-state index contributed by atoms with van der Waals surface area (Å²) in [5.74, 6) is 0.966. The number of nitrogens with one attached hydrogen (secondary N) is 1. The molecule has 28 heavy (non-hydrogen) atoms. The van der Waals surface area contributed by atoms with Gasteiger partial charge in [0.05, 0.1) is 25.2 Å². The predicted molar refractivity (Wildman–Crippen MR) is 110 cm³/mol. The number of aryl methyl sites for hydroxylation is 1. The van der Waals surface area contributed by atoms with E-state index in [9.17, 15) is 4.79 Å². The van der Waals surface area contributed by atoms with E-state index in [2.05, 4.69) is 15.3 Å². The number of nitrogens with zero attached hydrogens (tertiary/aromatic N) is 3. The molecule has 0 radical (unpaired) electrons. The molecule has 0 spiro atoms. The van der Waals surface area contributed by atoms with Crippen LogP contribution in [0.15, 0.2) is 48.8 Å². The van der Waals surface area contributed by atoms with Crippen LogP contribution in [0.5, 0.6) is 5.75 Å². The van der Waals surface area contributed by atoms with Crippen LogP contribution in [0.25, 0.3) is 0 Å². The molecule has 1 N–H and O–H groups in total. The molecule has 2 heterocycles. The molecule has 0 unspecified atom stereocenters. The summed E-state index contributed by atoms with van der Waals surface area (Å²) in [6, 6.07) is 11.5. The molecular weight excluding hydrogens is 376 g/mol. The number of fused-ring (bicyclic) bond motifs is 1. The van der Waals surface area contributed by atoms with Gasteiger partial charge in [0.25, 0.3) is 5.91 Å². The number of methoxy groups -OCH3 is 1. The third-order valence-corrected chi connectivity index (χ3v) is 5.15. The van der Waals surface area contributed by atoms with Gasteiger partial charge in [-0.15, -0.1) is 0 Å². The number of carbonyl (C=O) groups excluding carboxylic acids is 1. The van der Waals surface area contributed by atoms with Crippen molar-refractivity contribution >= 4 is 34.7 Å². The first kappa shape index (κ1) is 18.3. The van der Waals surface area contributed by atoms with Crippen LogP contribution in [-0.2, 0) is 6.42 Å². The molecule has 0 fully saturated rings. The summed E-state index contributed by atoms with van der Waals surface area (Å²) in [5, 5.41) is 3.79. The van der Waals surface area contributed by atoms with E-state index >= 15 is 0 Å². The number of aromatic nitrogens is 2. The molecule has 1 amide bonds. The molecule has 0 aliphatic carbocycles. The molecule has 0 saturated carbocycles. The zero-order valence-corrected chi connectivity index (χ0v) is 16.3. The van der Waals surface area contributed by atoms with E-state index < -0.39 is 0 Å². The van der Waals surface area contributed by atoms with Gasteiger partial charge in [-0.1, -0.05) is 29.8 Å². The molecule has 1 aromatic heterocycles. The molecule has 0 saturated heterocycles. The molecule has 2 aromatic carbocycles. The Bertz CT molecular complexity index is 1040. The Morgan fingerprint density at radius 3 is 2.79 bits per heavy atom. The van der Waals surface area contributed by atoms with Crippen LogP contribution >= 0.6 is 11.6 Å². The highest BCUT2D eigenvalue weighted by molar-refractivity contribution is 6.31. The number of hydrogen-bond donors (Lipinski definition) is 1. The summed E-state index contributed by atoms with van der Waals surface area (Å²) in [6.07, 6.45) is 3.88. The highest BCUT2D eigenvalue weighted by Crippen LogP contribution is 2.33. The minimum absolute atomic E-state index is 0.149. The number of halogens is 1. The largest absolute Gasteiger partial charge is 0.495 e. The summed E-state index contributed by atoms with van der Waals surface area (Å²) in [5.41, 5.74) is 4.07. The fourth-order valence-electron chi connectivity index (χ4n) is 3.26. The fraction of sp³-hybridized carbons (Fsp3) is 0.190. The standard InChI is InChI=1S/C21H19ClN4O2/c1-13-9-16(19(28-2)10-15(13)22)25-20-12-23-17(11-24-20)21(27)26-8-7-14-5-3-4-6-18(14)26/h3-6,9-12H,7-8H2,1-2H3,(H,24,25). The Morgan fingerprint density at radius 2 is 2.04 bits per heavy atom. The van der Waals surface area contributed by atoms with E-state index in [0.717, 1.165) is 23.4 Å². The molecular formula is C21H19ClN4O2. The van der Waals surface area contributed by atoms with Crippen LogP contribution in [-0.4, -0.2) is 29.5 Å². The molecule has 7 heteroatoms. The number of anilines is 3. The van der Waals surface area contributed by atoms with Gasteiger partial charge >= 0.3 is 0 Å². The Hall–Kier alpha value is -3.12. The van der Waals surface area contributed by atoms with E-state index in [1.165, 1.54) is 11.8 Å². The monoisotopic (exact) mass is 394 g/mol. The topological polar surface area (TPSA) is 67.3 Å². The lowest BCUT2D eigenvalue weighted by molar-refractivity contribution is 0.0984. The molecule has 6 nitrogen and oxygen atoms in total. The van der Waals surface area contributed by atoms with E-state index in [0.29, 0.717) is 28.8 Å². The SMILES string of the molecule is COc1cc(Cl)c(C)cc1Nc1cnc(C(=O)N2CCc3ccccc32)cn1. The summed E-state index contributed by atoms with van der Waals surface area (Å²) in [7, 11) is 1.58. The van der Waals surface area contributed by atoms with E-state index in [4.69, 9.17) is 16.3 Å². The van der Waals surface area contributed by atoms with Gasteiger partial charge in [0.1, 0.15) is 17.3 Å². The zero-order valence-electron chi connectivity index (χ0n) is 15.6. The third-order valence-electron chi connectivity index (χ3n) is 4.75. The molecule has 142 valence electrons. The first-order valence-electron chi connectivity index (χ1n) is 8.90. The third kappa shape index (κ3) is 3.39. The second-order valence-electron chi connectivity index (χ2n) is 6.55. The van der Waals surface area contributed by atoms with Crippen LogP contribution in [0.2, 0.25) is 5.02 Å². The van der Waals surface area contributed by atoms with Crippen LogP contribution in [0.1, 0.15) is 21.6 Å². The Kier molecular flexibility index (Phi) is 4.88. The number of ether oxygens (including phenoxy) is 1. The maximum absolute atomic E-state index is 12.8. The lowest BCUT2D eigenvalue weighted by Gasteiger charge is -2.17. The molecule has 0 atom stereocenters. The van der Waals surface area contributed by atoms with Gasteiger partial charge in [0.2, 0.25) is 0 Å². The Labute approximate surface area is 168 Å². The Morgan fingerprint density at radius 1 is 1.21 bits per heavy atom. The van der Waals surface area contributed by atoms with Crippen molar-refractivity contribution in [2.45, 2.75) is 13.3 Å². The van der Waals surface area contributed by atoms with Gasteiger partial charge < -0.3 is 15.0 Å². The quantitative estimate of drug-likeness (QED) is 0.710. The second-order valence-corrected chi connectivity index (χ2v) is 6.96. The average molecular weight is 395 g/mol. The van der Waals surface area contributed by atoms with E-state index in [-0.39, 0.29) is 5.91 Å². The van der Waals surface area contributed by atoms with Gasteiger partial charge in [0, 0.05) is 23.3 Å². The summed E-state index contributed by atoms with van der Waals surface area (Å²) >= 11 is 6.14. The van der Waals surface area contributed by atoms with Gasteiger partial charge in [-0.05, 0) is 36.6 Å². The highest BCUT2D eigenvalue weighted by Gasteiger charge is 2.26. The second kappa shape index (κ2) is 7.48. The fourth-order valence-corrected chi connectivity index (χ4v) is 3.41. The van der Waals surface area contributed by atoms with Crippen molar-refractivity contribution in [2.24, 2.45) is 0 Å². The molecule has 0 bridgehead atoms. The summed E-state index contributed by atoms with van der Waals surface area (Å²) in [4.78, 5) is 23.2. The first-order valence-corrected chi connectivity index (χ1v) is 9.27. The van der Waals surface area contributed by atoms with Crippen molar-refractivity contribution < 1.29 is 9.53 Å². The van der Waals surface area contributed by atoms with Crippen LogP contribution < -0.4 is 15.0 Å². The summed E-state index contributed by atoms with van der Waals surface area (Å²) in [6.45, 7) is 2.56. The van der Waals surface area contributed by atoms with Gasteiger partial charge in [-0.3, -0.25) is 4.79 Å². The first-order chi connectivity index (χ1) is 13.6. The lowest BCUT2D eigenvalue weighted by atomic mass is 10.2. The van der Waals surface area contributed by atoms with Gasteiger partial charge in [-0.25, -0.2) is 9.97 Å². The van der Waals surface area contributed by atoms with Gasteiger partial charge in [0.15, 0.2) is 0 Å². The van der Waals surface area contributed by atoms with Crippen molar-refractivity contribution in [3.63, 3.8) is 0 Å². The number of benzene rings is 2. The molecule has 1 aliphatic heterocycles. The minimum atomic E-state index is -0.149. The van der Waals surface area contributed by atoms with E-state index in [1.54, 1.807) is 24.3 Å². The minimum Gasteiger partial charge on any atom is -0.495 e. The molecule has 4 rings (SSSR count). The predicted octanol–water partition coefficient (Wildman–Crippen LogP) is 4.39. The maximum Gasteiger partial charge on any atom is 0.278 e. The average Bonchev–Trinajstić information content (AvgIpc) is 3.15. The van der Waals surface area contributed by atoms with Crippen molar-refractivity contribution in [1.29, 1.82) is 0 Å². The van der Waals surface area contributed by atoms with Crippen molar-refractivity contribution in [3.05, 3.63) is 70.6 Å². The zero-order chi connectivity index (χ0) is 19.7. The lowest BCUT2D eigenvalue weighted by Crippen LogP contribution is -2.29. The van der Waals surface area contributed by atoms with Gasteiger partial charge in [-0.2, -0.15) is 0 Å². The number of rotatable bonds is 4.